The van der Waals surface area contributed by atoms with E-state index in [0.717, 1.165) is 26.7 Å². The van der Waals surface area contributed by atoms with Crippen molar-refractivity contribution in [2.75, 3.05) is 6.54 Å². The Balaban J connectivity index is 2.23. The first kappa shape index (κ1) is 12.8. The minimum absolute atomic E-state index is 0.289. The van der Waals surface area contributed by atoms with Gasteiger partial charge in [0.05, 0.1) is 19.7 Å². The Labute approximate surface area is 103 Å². The van der Waals surface area contributed by atoms with Gasteiger partial charge in [-0.3, -0.25) is 0 Å². The Morgan fingerprint density at radius 2 is 2.44 bits per heavy atom. The number of rotatable bonds is 4. The van der Waals surface area contributed by atoms with Crippen molar-refractivity contribution in [1.29, 1.82) is 0 Å². The molecule has 0 radical (unpaired) electrons. The second-order valence-electron chi connectivity index (χ2n) is 3.57. The van der Waals surface area contributed by atoms with E-state index in [1.165, 1.54) is 12.1 Å². The summed E-state index contributed by atoms with van der Waals surface area (Å²) in [6.45, 7) is 4.24. The molecule has 1 aromatic heterocycles. The van der Waals surface area contributed by atoms with Crippen molar-refractivity contribution < 1.29 is 0 Å². The van der Waals surface area contributed by atoms with Crippen LogP contribution in [0.3, 0.4) is 0 Å². The number of hydrogen-bond acceptors (Lipinski definition) is 3. The van der Waals surface area contributed by atoms with Gasteiger partial charge in [-0.1, -0.05) is 21.1 Å². The van der Waals surface area contributed by atoms with E-state index in [-0.39, 0.29) is 7.45 Å². The standard InChI is InChI=1S/C8H16N4P4/c1-2-4-11-5-3-7-8(6-11)12(10-9-7)16(14)15-13/h3,5,15H,2,4,6,13-14H2,1H3. The fraction of sp³-hybridized carbons (Fsp3) is 0.500. The molecule has 4 atom stereocenters. The van der Waals surface area contributed by atoms with Crippen LogP contribution in [0.1, 0.15) is 24.7 Å². The van der Waals surface area contributed by atoms with Gasteiger partial charge in [-0.15, -0.1) is 14.0 Å². The summed E-state index contributed by atoms with van der Waals surface area (Å²) in [4.78, 5) is 2.32. The van der Waals surface area contributed by atoms with Gasteiger partial charge in [0.1, 0.15) is 5.69 Å². The van der Waals surface area contributed by atoms with Crippen LogP contribution in [0, 0.1) is 0 Å². The minimum atomic E-state index is -0.289. The predicted octanol–water partition coefficient (Wildman–Crippen LogP) is 2.89. The quantitative estimate of drug-likeness (QED) is 0.800. The SMILES string of the molecule is CCCN1C=Cc2nnn(P(P)PP)c2C1. The van der Waals surface area contributed by atoms with Crippen molar-refractivity contribution in [3.8, 4) is 0 Å². The normalized spacial score (nSPS) is 17.1. The highest BCUT2D eigenvalue weighted by Crippen LogP contribution is 2.66. The molecule has 1 aliphatic heterocycles. The maximum atomic E-state index is 4.25. The topological polar surface area (TPSA) is 34.0 Å². The Kier molecular flexibility index (Phi) is 4.68. The Morgan fingerprint density at radius 3 is 3.12 bits per heavy atom. The summed E-state index contributed by atoms with van der Waals surface area (Å²) < 4.78 is 2.09. The van der Waals surface area contributed by atoms with Crippen LogP contribution >= 0.6 is 33.3 Å². The van der Waals surface area contributed by atoms with E-state index in [4.69, 9.17) is 0 Å². The molecule has 0 N–H and O–H groups in total. The van der Waals surface area contributed by atoms with Gasteiger partial charge in [0.25, 0.3) is 0 Å². The summed E-state index contributed by atoms with van der Waals surface area (Å²) in [5.41, 5.74) is 2.29. The lowest BCUT2D eigenvalue weighted by Gasteiger charge is -2.24. The fourth-order valence-electron chi connectivity index (χ4n) is 1.67. The second-order valence-corrected chi connectivity index (χ2v) is 12.4. The highest BCUT2D eigenvalue weighted by molar-refractivity contribution is 8.60. The molecule has 0 saturated heterocycles. The molecule has 1 aliphatic rings. The van der Waals surface area contributed by atoms with Crippen molar-refractivity contribution in [2.24, 2.45) is 0 Å². The van der Waals surface area contributed by atoms with Gasteiger partial charge in [0.15, 0.2) is 0 Å². The number of fused-ring (bicyclic) bond motifs is 1. The lowest BCUT2D eigenvalue weighted by Crippen LogP contribution is -2.21. The zero-order valence-corrected chi connectivity index (χ0v) is 13.4. The first-order chi connectivity index (χ1) is 7.76. The summed E-state index contributed by atoms with van der Waals surface area (Å²) >= 11 is 0. The smallest absolute Gasteiger partial charge is 0.112 e. The number of aromatic nitrogens is 3. The molecule has 4 nitrogen and oxygen atoms in total. The third kappa shape index (κ3) is 2.62. The summed E-state index contributed by atoms with van der Waals surface area (Å²) in [5.74, 6) is 0. The molecule has 0 fully saturated rings. The largest absolute Gasteiger partial charge is 0.371 e. The fourth-order valence-corrected chi connectivity index (χ4v) is 4.68. The Bertz CT molecular complexity index is 391. The van der Waals surface area contributed by atoms with E-state index in [0.29, 0.717) is 0 Å². The molecule has 0 aromatic carbocycles. The third-order valence-electron chi connectivity index (χ3n) is 2.42. The van der Waals surface area contributed by atoms with E-state index in [1.54, 1.807) is 0 Å². The maximum absolute atomic E-state index is 4.25. The van der Waals surface area contributed by atoms with Crippen LogP contribution in [0.25, 0.3) is 6.08 Å². The average molecular weight is 292 g/mol. The van der Waals surface area contributed by atoms with Gasteiger partial charge >= 0.3 is 0 Å². The summed E-state index contributed by atoms with van der Waals surface area (Å²) in [5, 5.41) is 8.47. The molecule has 16 heavy (non-hydrogen) atoms. The molecule has 0 amide bonds. The van der Waals surface area contributed by atoms with Gasteiger partial charge < -0.3 is 4.90 Å². The molecule has 0 bridgehead atoms. The summed E-state index contributed by atoms with van der Waals surface area (Å²) in [6.07, 6.45) is 5.36. The third-order valence-corrected chi connectivity index (χ3v) is 11.8. The van der Waals surface area contributed by atoms with Crippen LogP contribution in [0.15, 0.2) is 6.20 Å². The van der Waals surface area contributed by atoms with Crippen LogP contribution in [-0.4, -0.2) is 26.2 Å². The minimum Gasteiger partial charge on any atom is -0.371 e. The van der Waals surface area contributed by atoms with E-state index in [1.807, 2.05) is 0 Å². The molecule has 1 aromatic rings. The van der Waals surface area contributed by atoms with Gasteiger partial charge in [0.2, 0.25) is 0 Å². The van der Waals surface area contributed by atoms with E-state index in [9.17, 15) is 0 Å². The Hall–Kier alpha value is 0.400. The van der Waals surface area contributed by atoms with E-state index in [2.05, 4.69) is 56.7 Å². The summed E-state index contributed by atoms with van der Waals surface area (Å²) in [6, 6.07) is 0. The predicted molar refractivity (Wildman–Crippen MR) is 79.8 cm³/mol. The highest BCUT2D eigenvalue weighted by Gasteiger charge is 2.19. The molecule has 2 heterocycles. The van der Waals surface area contributed by atoms with Crippen molar-refractivity contribution in [3.63, 3.8) is 0 Å². The molecule has 88 valence electrons. The second kappa shape index (κ2) is 5.83. The van der Waals surface area contributed by atoms with Crippen LogP contribution in [0.2, 0.25) is 0 Å². The zero-order chi connectivity index (χ0) is 11.5. The van der Waals surface area contributed by atoms with Crippen LogP contribution < -0.4 is 0 Å². The van der Waals surface area contributed by atoms with Gasteiger partial charge in [-0.05, 0) is 20.5 Å². The lowest BCUT2D eigenvalue weighted by molar-refractivity contribution is 0.360. The molecular formula is C8H16N4P4. The van der Waals surface area contributed by atoms with Crippen molar-refractivity contribution in [1.82, 2.24) is 19.7 Å². The lowest BCUT2D eigenvalue weighted by atomic mass is 10.2. The molecule has 0 spiro atoms. The van der Waals surface area contributed by atoms with E-state index >= 15 is 0 Å². The van der Waals surface area contributed by atoms with Gasteiger partial charge in [0, 0.05) is 12.7 Å². The van der Waals surface area contributed by atoms with Crippen molar-refractivity contribution >= 4 is 39.3 Å². The average Bonchev–Trinajstić information content (AvgIpc) is 2.71. The number of hydrogen-bond donors (Lipinski definition) is 0. The van der Waals surface area contributed by atoms with E-state index < -0.39 is 0 Å². The zero-order valence-electron chi connectivity index (χ0n) is 9.17. The van der Waals surface area contributed by atoms with Gasteiger partial charge in [-0.2, -0.15) is 0 Å². The first-order valence-electron chi connectivity index (χ1n) is 5.14. The van der Waals surface area contributed by atoms with Crippen LogP contribution in [0.5, 0.6) is 0 Å². The monoisotopic (exact) mass is 292 g/mol. The molecule has 0 saturated carbocycles. The summed E-state index contributed by atoms with van der Waals surface area (Å²) in [7, 11) is 6.19. The maximum Gasteiger partial charge on any atom is 0.112 e. The van der Waals surface area contributed by atoms with Crippen LogP contribution in [0.4, 0.5) is 0 Å². The van der Waals surface area contributed by atoms with Crippen molar-refractivity contribution in [2.45, 2.75) is 19.9 Å². The molecule has 2 rings (SSSR count). The first-order valence-corrected chi connectivity index (χ1v) is 11.7. The Morgan fingerprint density at radius 1 is 1.62 bits per heavy atom. The molecule has 8 heteroatoms. The van der Waals surface area contributed by atoms with Crippen molar-refractivity contribution in [3.05, 3.63) is 17.6 Å². The van der Waals surface area contributed by atoms with Crippen LogP contribution in [-0.2, 0) is 6.54 Å². The highest BCUT2D eigenvalue weighted by atomic mass is 32.6. The number of nitrogens with zero attached hydrogens (tertiary/aromatic N) is 4. The van der Waals surface area contributed by atoms with Gasteiger partial charge in [-0.25, -0.2) is 4.45 Å². The molecular weight excluding hydrogens is 276 g/mol. The molecule has 0 aliphatic carbocycles. The molecule has 4 unspecified atom stereocenters.